The smallest absolute Gasteiger partial charge is 0.399 e. The second-order valence-electron chi connectivity index (χ2n) is 5.25. The Labute approximate surface area is 162 Å². The minimum atomic E-state index is -6.39. The van der Waals surface area contributed by atoms with Crippen molar-refractivity contribution in [1.29, 1.82) is 0 Å². The summed E-state index contributed by atoms with van der Waals surface area (Å²) in [6, 6.07) is 0. The van der Waals surface area contributed by atoms with E-state index in [9.17, 15) is 36.2 Å². The highest BCUT2D eigenvalue weighted by Gasteiger charge is 2.68. The van der Waals surface area contributed by atoms with Crippen molar-refractivity contribution in [2.75, 3.05) is 73.2 Å². The molecule has 0 aliphatic heterocycles. The molecule has 0 aliphatic rings. The molecule has 0 aromatic rings. The van der Waals surface area contributed by atoms with Crippen molar-refractivity contribution in [2.45, 2.75) is 18.0 Å². The van der Waals surface area contributed by atoms with E-state index in [0.717, 1.165) is 0 Å². The third-order valence-electron chi connectivity index (χ3n) is 3.09. The first-order chi connectivity index (χ1) is 13.5. The molecule has 0 rings (SSSR count). The molecule has 0 spiro atoms. The summed E-state index contributed by atoms with van der Waals surface area (Å²) >= 11 is 0. The van der Waals surface area contributed by atoms with Gasteiger partial charge in [-0.15, -0.1) is 0 Å². The second kappa shape index (κ2) is 13.9. The van der Waals surface area contributed by atoms with Crippen LogP contribution in [0, 0.1) is 0 Å². The summed E-state index contributed by atoms with van der Waals surface area (Å²) < 4.78 is 103. The Morgan fingerprint density at radius 3 is 1.28 bits per heavy atom. The molecule has 0 bridgehead atoms. The van der Waals surface area contributed by atoms with Gasteiger partial charge in [0.1, 0.15) is 6.61 Å². The van der Waals surface area contributed by atoms with Crippen LogP contribution in [0.2, 0.25) is 0 Å². The van der Waals surface area contributed by atoms with Crippen LogP contribution in [0.4, 0.5) is 26.3 Å². The Hall–Kier alpha value is -1.19. The fourth-order valence-corrected chi connectivity index (χ4v) is 1.59. The fourth-order valence-electron chi connectivity index (χ4n) is 1.59. The summed E-state index contributed by atoms with van der Waals surface area (Å²) in [5.74, 6) is -2.99. The van der Waals surface area contributed by atoms with E-state index in [1.165, 1.54) is 0 Å². The lowest BCUT2D eigenvalue weighted by molar-refractivity contribution is -0.574. The maximum Gasteiger partial charge on any atom is 0.399 e. The van der Waals surface area contributed by atoms with E-state index in [4.69, 9.17) is 23.7 Å². The minimum Gasteiger partial charge on any atom is -0.828 e. The quantitative estimate of drug-likeness (QED) is 0.192. The van der Waals surface area contributed by atoms with Gasteiger partial charge in [0, 0.05) is 7.11 Å². The fraction of sp³-hybridized carbons (Fsp3) is 0.933. The van der Waals surface area contributed by atoms with Crippen LogP contribution in [0.25, 0.3) is 0 Å². The van der Waals surface area contributed by atoms with Crippen molar-refractivity contribution in [1.82, 2.24) is 0 Å². The van der Waals surface area contributed by atoms with Crippen LogP contribution in [0.3, 0.4) is 0 Å². The topological polar surface area (TPSA) is 95.5 Å². The Kier molecular flexibility index (Phi) is 13.4. The normalized spacial score (nSPS) is 13.0. The zero-order valence-electron chi connectivity index (χ0n) is 15.6. The number of hydrogen-bond donors (Lipinski definition) is 0. The molecule has 0 aromatic carbocycles. The van der Waals surface area contributed by atoms with Gasteiger partial charge < -0.3 is 33.5 Å². The van der Waals surface area contributed by atoms with Gasteiger partial charge in [-0.25, -0.2) is 0 Å². The van der Waals surface area contributed by atoms with Crippen LogP contribution in [0.15, 0.2) is 0 Å². The van der Waals surface area contributed by atoms with Gasteiger partial charge in [0.2, 0.25) is 0 Å². The van der Waals surface area contributed by atoms with Crippen molar-refractivity contribution in [3.63, 3.8) is 0 Å². The number of alkyl halides is 6. The Balaban J connectivity index is 3.74. The van der Waals surface area contributed by atoms with Gasteiger partial charge in [0.15, 0.2) is 5.60 Å². The molecule has 0 saturated carbocycles. The summed E-state index contributed by atoms with van der Waals surface area (Å²) in [7, 11) is 1.55. The molecule has 0 atom stereocenters. The van der Waals surface area contributed by atoms with Crippen molar-refractivity contribution >= 4 is 5.97 Å². The molecule has 0 fully saturated rings. The zero-order chi connectivity index (χ0) is 22.4. The Morgan fingerprint density at radius 2 is 0.966 bits per heavy atom. The van der Waals surface area contributed by atoms with Crippen LogP contribution >= 0.6 is 0 Å². The van der Waals surface area contributed by atoms with Crippen LogP contribution in [0.1, 0.15) is 0 Å². The number of carbonyl (C=O) groups excluding carboxylic acids is 1. The van der Waals surface area contributed by atoms with E-state index in [0.29, 0.717) is 26.4 Å². The molecule has 0 unspecified atom stereocenters. The van der Waals surface area contributed by atoms with E-state index in [-0.39, 0.29) is 26.4 Å². The van der Waals surface area contributed by atoms with Gasteiger partial charge >= 0.3 is 18.3 Å². The molecule has 0 heterocycles. The molecule has 0 saturated heterocycles. The lowest BCUT2D eigenvalue weighted by Gasteiger charge is -2.40. The molecule has 0 aliphatic carbocycles. The molecule has 29 heavy (non-hydrogen) atoms. The lowest BCUT2D eigenvalue weighted by atomic mass is 10.0. The largest absolute Gasteiger partial charge is 0.828 e. The SMILES string of the molecule is COCCOCCOCCOCCOCCOC(=O)C([O-])(C(F)(F)F)C(F)(F)F. The highest BCUT2D eigenvalue weighted by Crippen LogP contribution is 2.41. The standard InChI is InChI=1S/C15H23F6O8/c1-24-2-3-25-4-5-26-6-7-27-8-9-28-10-11-29-12(22)13(23,14(16,17)18)15(19,20)21/h2-11H2,1H3/q-1. The van der Waals surface area contributed by atoms with Gasteiger partial charge in [0.05, 0.1) is 59.5 Å². The maximum absolute atomic E-state index is 12.3. The van der Waals surface area contributed by atoms with Gasteiger partial charge in [-0.1, -0.05) is 0 Å². The van der Waals surface area contributed by atoms with Gasteiger partial charge in [-0.05, 0) is 0 Å². The number of ether oxygens (including phenoxy) is 6. The molecular weight excluding hydrogens is 422 g/mol. The average Bonchev–Trinajstić information content (AvgIpc) is 2.62. The van der Waals surface area contributed by atoms with Crippen molar-refractivity contribution in [3.05, 3.63) is 0 Å². The molecule has 14 heteroatoms. The van der Waals surface area contributed by atoms with Gasteiger partial charge in [0.25, 0.3) is 0 Å². The monoisotopic (exact) mass is 445 g/mol. The number of methoxy groups -OCH3 is 1. The Morgan fingerprint density at radius 1 is 0.655 bits per heavy atom. The molecule has 174 valence electrons. The first-order valence-corrected chi connectivity index (χ1v) is 8.29. The second-order valence-corrected chi connectivity index (χ2v) is 5.25. The van der Waals surface area contributed by atoms with Crippen LogP contribution in [-0.2, 0) is 33.2 Å². The average molecular weight is 445 g/mol. The van der Waals surface area contributed by atoms with Crippen LogP contribution < -0.4 is 5.11 Å². The summed E-state index contributed by atoms with van der Waals surface area (Å²) in [6.07, 6.45) is -12.8. The highest BCUT2D eigenvalue weighted by atomic mass is 19.4. The highest BCUT2D eigenvalue weighted by molar-refractivity contribution is 5.81. The Bertz CT molecular complexity index is 430. The van der Waals surface area contributed by atoms with Gasteiger partial charge in [-0.2, -0.15) is 26.3 Å². The van der Waals surface area contributed by atoms with E-state index in [2.05, 4.69) is 4.74 Å². The summed E-state index contributed by atoms with van der Waals surface area (Å²) in [5, 5.41) is 11.0. The number of hydrogen-bond acceptors (Lipinski definition) is 8. The number of carbonyl (C=O) groups is 1. The lowest BCUT2D eigenvalue weighted by Crippen LogP contribution is -2.71. The molecule has 0 N–H and O–H groups in total. The van der Waals surface area contributed by atoms with Crippen LogP contribution in [-0.4, -0.2) is 97.1 Å². The maximum atomic E-state index is 12.3. The molecule has 0 radical (unpaired) electrons. The molecule has 8 nitrogen and oxygen atoms in total. The first-order valence-electron chi connectivity index (χ1n) is 8.29. The third kappa shape index (κ3) is 10.4. The summed E-state index contributed by atoms with van der Waals surface area (Å²) in [4.78, 5) is 11.0. The minimum absolute atomic E-state index is 0.0538. The predicted molar refractivity (Wildman–Crippen MR) is 81.0 cm³/mol. The summed E-state index contributed by atoms with van der Waals surface area (Å²) in [6.45, 7) is 0.660. The third-order valence-corrected chi connectivity index (χ3v) is 3.09. The molecular formula is C15H23F6O8-. The number of rotatable bonds is 16. The number of halogens is 6. The van der Waals surface area contributed by atoms with Gasteiger partial charge in [-0.3, -0.25) is 4.79 Å². The molecule has 0 aromatic heterocycles. The van der Waals surface area contributed by atoms with E-state index >= 15 is 0 Å². The summed E-state index contributed by atoms with van der Waals surface area (Å²) in [5.41, 5.74) is -5.85. The van der Waals surface area contributed by atoms with Crippen molar-refractivity contribution in [3.8, 4) is 0 Å². The predicted octanol–water partition coefficient (Wildman–Crippen LogP) is 0.466. The van der Waals surface area contributed by atoms with E-state index < -0.39 is 37.1 Å². The van der Waals surface area contributed by atoms with Crippen molar-refractivity contribution < 1.29 is 64.7 Å². The first kappa shape index (κ1) is 27.8. The van der Waals surface area contributed by atoms with Crippen LogP contribution in [0.5, 0.6) is 0 Å². The zero-order valence-corrected chi connectivity index (χ0v) is 15.6. The van der Waals surface area contributed by atoms with E-state index in [1.807, 2.05) is 0 Å². The molecule has 0 amide bonds. The number of esters is 1. The van der Waals surface area contributed by atoms with Crippen molar-refractivity contribution in [2.24, 2.45) is 0 Å². The van der Waals surface area contributed by atoms with E-state index in [1.54, 1.807) is 7.11 Å².